The zero-order valence-corrected chi connectivity index (χ0v) is 20.3. The van der Waals surface area contributed by atoms with Crippen molar-refractivity contribution < 1.29 is 14.0 Å². The highest BCUT2D eigenvalue weighted by Crippen LogP contribution is 2.44. The number of para-hydroxylation sites is 1. The van der Waals surface area contributed by atoms with Crippen LogP contribution in [0.2, 0.25) is 0 Å². The number of rotatable bonds is 3. The molecule has 0 spiro atoms. The van der Waals surface area contributed by atoms with E-state index in [2.05, 4.69) is 50.9 Å². The number of carbonyl (C=O) groups excluding carboxylic acids is 2. The fourth-order valence-corrected chi connectivity index (χ4v) is 5.49. The summed E-state index contributed by atoms with van der Waals surface area (Å²) < 4.78 is 14.4. The number of hydrogen-bond acceptors (Lipinski definition) is 4. The summed E-state index contributed by atoms with van der Waals surface area (Å²) in [6.07, 6.45) is 2.55. The van der Waals surface area contributed by atoms with Crippen LogP contribution >= 0.6 is 12.2 Å². The molecule has 1 fully saturated rings. The largest absolute Gasteiger partial charge is 0.364 e. The van der Waals surface area contributed by atoms with Gasteiger partial charge in [0.2, 0.25) is 0 Å². The SMILES string of the molecule is CC1CC(C)(C)N(C(C)C)c2ccc(/C=C3\C(=O)NC(=S)N(c4ccccc4F)C3=O)cc21. The highest BCUT2D eigenvalue weighted by atomic mass is 32.1. The number of nitrogens with one attached hydrogen (secondary N) is 1. The number of hydrogen-bond donors (Lipinski definition) is 1. The van der Waals surface area contributed by atoms with E-state index in [0.717, 1.165) is 16.9 Å². The Balaban J connectivity index is 1.75. The summed E-state index contributed by atoms with van der Waals surface area (Å²) in [7, 11) is 0. The van der Waals surface area contributed by atoms with Crippen LogP contribution in [0.1, 0.15) is 58.1 Å². The third-order valence-corrected chi connectivity index (χ3v) is 6.61. The number of anilines is 2. The molecule has 7 heteroatoms. The Labute approximate surface area is 199 Å². The predicted molar refractivity (Wildman–Crippen MR) is 134 cm³/mol. The molecular formula is C26H28FN3O2S. The topological polar surface area (TPSA) is 52.7 Å². The number of amides is 2. The highest BCUT2D eigenvalue weighted by molar-refractivity contribution is 7.80. The minimum absolute atomic E-state index is 0.00673. The van der Waals surface area contributed by atoms with Crippen LogP contribution in [0.3, 0.4) is 0 Å². The lowest BCUT2D eigenvalue weighted by atomic mass is 9.78. The van der Waals surface area contributed by atoms with Gasteiger partial charge in [-0.15, -0.1) is 0 Å². The normalized spacial score (nSPS) is 21.5. The minimum atomic E-state index is -0.649. The first-order chi connectivity index (χ1) is 15.5. The number of fused-ring (bicyclic) bond motifs is 1. The van der Waals surface area contributed by atoms with Crippen molar-refractivity contribution in [2.45, 2.75) is 58.5 Å². The zero-order chi connectivity index (χ0) is 24.1. The first kappa shape index (κ1) is 23.1. The van der Waals surface area contributed by atoms with Gasteiger partial charge in [0.15, 0.2) is 5.11 Å². The van der Waals surface area contributed by atoms with Gasteiger partial charge < -0.3 is 4.90 Å². The van der Waals surface area contributed by atoms with Gasteiger partial charge in [-0.2, -0.15) is 0 Å². The zero-order valence-electron chi connectivity index (χ0n) is 19.5. The summed E-state index contributed by atoms with van der Waals surface area (Å²) in [4.78, 5) is 29.3. The first-order valence-electron chi connectivity index (χ1n) is 11.1. The first-order valence-corrected chi connectivity index (χ1v) is 11.5. The highest BCUT2D eigenvalue weighted by Gasteiger charge is 2.38. The molecule has 2 heterocycles. The van der Waals surface area contributed by atoms with Gasteiger partial charge in [0.05, 0.1) is 5.69 Å². The van der Waals surface area contributed by atoms with Crippen molar-refractivity contribution in [3.8, 4) is 0 Å². The number of nitrogens with zero attached hydrogens (tertiary/aromatic N) is 2. The van der Waals surface area contributed by atoms with Gasteiger partial charge in [-0.05, 0) is 93.7 Å². The maximum atomic E-state index is 14.4. The van der Waals surface area contributed by atoms with Crippen LogP contribution in [0.5, 0.6) is 0 Å². The van der Waals surface area contributed by atoms with E-state index in [9.17, 15) is 14.0 Å². The van der Waals surface area contributed by atoms with E-state index in [1.807, 2.05) is 12.1 Å². The lowest BCUT2D eigenvalue weighted by Crippen LogP contribution is -2.54. The standard InChI is InChI=1S/C26H28FN3O2S/c1-15(2)30-21-11-10-17(12-18(21)16(3)14-26(30,4)5)13-19-23(31)28-25(33)29(24(19)32)22-9-7-6-8-20(22)27/h6-13,15-16H,14H2,1-5H3,(H,28,31,33)/b19-13+. The van der Waals surface area contributed by atoms with Gasteiger partial charge in [0.1, 0.15) is 11.4 Å². The van der Waals surface area contributed by atoms with Crippen molar-refractivity contribution in [2.24, 2.45) is 0 Å². The molecule has 2 aromatic rings. The smallest absolute Gasteiger partial charge is 0.270 e. The molecule has 33 heavy (non-hydrogen) atoms. The summed E-state index contributed by atoms with van der Waals surface area (Å²) in [5.41, 5.74) is 3.04. The van der Waals surface area contributed by atoms with Crippen LogP contribution in [0.25, 0.3) is 6.08 Å². The molecule has 0 bridgehead atoms. The van der Waals surface area contributed by atoms with Crippen molar-refractivity contribution in [1.29, 1.82) is 0 Å². The Morgan fingerprint density at radius 2 is 1.85 bits per heavy atom. The number of benzene rings is 2. The Morgan fingerprint density at radius 3 is 2.52 bits per heavy atom. The van der Waals surface area contributed by atoms with Crippen LogP contribution in [0.4, 0.5) is 15.8 Å². The second-order valence-corrected chi connectivity index (χ2v) is 10.00. The molecular weight excluding hydrogens is 437 g/mol. The Bertz CT molecular complexity index is 1190. The molecule has 0 saturated carbocycles. The molecule has 1 N–H and O–H groups in total. The van der Waals surface area contributed by atoms with Gasteiger partial charge in [0, 0.05) is 17.3 Å². The molecule has 0 aliphatic carbocycles. The van der Waals surface area contributed by atoms with Crippen molar-refractivity contribution in [3.63, 3.8) is 0 Å². The van der Waals surface area contributed by atoms with E-state index < -0.39 is 17.6 Å². The van der Waals surface area contributed by atoms with Crippen molar-refractivity contribution in [1.82, 2.24) is 5.32 Å². The maximum absolute atomic E-state index is 14.4. The minimum Gasteiger partial charge on any atom is -0.364 e. The molecule has 1 atom stereocenters. The Morgan fingerprint density at radius 1 is 1.15 bits per heavy atom. The van der Waals surface area contributed by atoms with Crippen molar-refractivity contribution in [2.75, 3.05) is 9.80 Å². The van der Waals surface area contributed by atoms with Gasteiger partial charge in [-0.1, -0.05) is 25.1 Å². The van der Waals surface area contributed by atoms with Gasteiger partial charge >= 0.3 is 0 Å². The Kier molecular flexibility index (Phi) is 5.86. The van der Waals surface area contributed by atoms with E-state index in [4.69, 9.17) is 12.2 Å². The average Bonchev–Trinajstić information content (AvgIpc) is 2.71. The third kappa shape index (κ3) is 4.06. The predicted octanol–water partition coefficient (Wildman–Crippen LogP) is 5.16. The molecule has 2 amide bonds. The molecule has 2 aliphatic heterocycles. The Hall–Kier alpha value is -3.06. The molecule has 4 rings (SSSR count). The van der Waals surface area contributed by atoms with Crippen molar-refractivity contribution in [3.05, 3.63) is 65.0 Å². The lowest BCUT2D eigenvalue weighted by molar-refractivity contribution is -0.122. The maximum Gasteiger partial charge on any atom is 0.270 e. The molecule has 1 saturated heterocycles. The van der Waals surface area contributed by atoms with E-state index >= 15 is 0 Å². The van der Waals surface area contributed by atoms with E-state index in [1.54, 1.807) is 12.1 Å². The molecule has 1 unspecified atom stereocenters. The summed E-state index contributed by atoms with van der Waals surface area (Å²) in [5, 5.41) is 2.38. The van der Waals surface area contributed by atoms with Crippen molar-refractivity contribution >= 4 is 46.6 Å². The molecule has 0 aromatic heterocycles. The van der Waals surface area contributed by atoms with Crippen LogP contribution in [0.15, 0.2) is 48.0 Å². The fraction of sp³-hybridized carbons (Fsp3) is 0.346. The van der Waals surface area contributed by atoms with Gasteiger partial charge in [0.25, 0.3) is 11.8 Å². The fourth-order valence-electron chi connectivity index (χ4n) is 5.21. The average molecular weight is 466 g/mol. The summed E-state index contributed by atoms with van der Waals surface area (Å²) in [6.45, 7) is 11.1. The third-order valence-electron chi connectivity index (χ3n) is 6.32. The summed E-state index contributed by atoms with van der Waals surface area (Å²) in [5.74, 6) is -1.51. The molecule has 2 aromatic carbocycles. The monoisotopic (exact) mass is 465 g/mol. The summed E-state index contributed by atoms with van der Waals surface area (Å²) in [6, 6.07) is 12.2. The van der Waals surface area contributed by atoms with Gasteiger partial charge in [-0.25, -0.2) is 9.29 Å². The van der Waals surface area contributed by atoms with E-state index in [1.165, 1.54) is 29.4 Å². The second kappa shape index (κ2) is 8.37. The second-order valence-electron chi connectivity index (χ2n) is 9.61. The van der Waals surface area contributed by atoms with Crippen LogP contribution < -0.4 is 15.1 Å². The van der Waals surface area contributed by atoms with Crippen LogP contribution in [-0.4, -0.2) is 28.5 Å². The van der Waals surface area contributed by atoms with Crippen LogP contribution in [-0.2, 0) is 9.59 Å². The van der Waals surface area contributed by atoms with E-state index in [0.29, 0.717) is 12.0 Å². The molecule has 2 aliphatic rings. The molecule has 5 nitrogen and oxygen atoms in total. The van der Waals surface area contributed by atoms with E-state index in [-0.39, 0.29) is 21.9 Å². The molecule has 172 valence electrons. The number of carbonyl (C=O) groups is 2. The quantitative estimate of drug-likeness (QED) is 0.387. The number of halogens is 1. The number of thiocarbonyl (C=S) groups is 1. The molecule has 0 radical (unpaired) electrons. The summed E-state index contributed by atoms with van der Waals surface area (Å²) >= 11 is 5.17. The van der Waals surface area contributed by atoms with Gasteiger partial charge in [-0.3, -0.25) is 14.9 Å². The van der Waals surface area contributed by atoms with Crippen LogP contribution in [0, 0.1) is 5.82 Å². The lowest BCUT2D eigenvalue weighted by Gasteiger charge is -2.50.